The summed E-state index contributed by atoms with van der Waals surface area (Å²) in [6, 6.07) is 17.3. The van der Waals surface area contributed by atoms with Crippen molar-refractivity contribution < 1.29 is 9.53 Å². The van der Waals surface area contributed by atoms with Crippen LogP contribution in [0.1, 0.15) is 25.9 Å². The van der Waals surface area contributed by atoms with Crippen molar-refractivity contribution in [3.8, 4) is 16.3 Å². The lowest BCUT2D eigenvalue weighted by Gasteiger charge is -2.08. The Morgan fingerprint density at radius 2 is 2.06 bits per heavy atom. The minimum absolute atomic E-state index is 0.111. The Morgan fingerprint density at radius 1 is 1.12 bits per heavy atom. The number of amides is 1. The number of nitrogens with one attached hydrogen (secondary N) is 1. The normalized spacial score (nSPS) is 11.1. The molecule has 0 aliphatic carbocycles. The summed E-state index contributed by atoms with van der Waals surface area (Å²) in [6.07, 6.45) is 4.68. The third-order valence-electron chi connectivity index (χ3n) is 5.09. The van der Waals surface area contributed by atoms with E-state index in [2.05, 4.69) is 32.8 Å². The number of thiophene rings is 1. The van der Waals surface area contributed by atoms with E-state index in [0.29, 0.717) is 24.5 Å². The summed E-state index contributed by atoms with van der Waals surface area (Å²) in [6.45, 7) is 2.92. The highest BCUT2D eigenvalue weighted by Crippen LogP contribution is 2.29. The van der Waals surface area contributed by atoms with Crippen molar-refractivity contribution in [2.24, 2.45) is 0 Å². The van der Waals surface area contributed by atoms with Crippen molar-refractivity contribution in [3.05, 3.63) is 93.5 Å². The zero-order valence-electron chi connectivity index (χ0n) is 18.0. The molecule has 0 fully saturated rings. The molecule has 0 unspecified atom stereocenters. The van der Waals surface area contributed by atoms with Crippen LogP contribution in [-0.2, 0) is 13.0 Å². The summed E-state index contributed by atoms with van der Waals surface area (Å²) in [5.74, 6) is 0.529. The molecule has 0 aliphatic rings. The highest BCUT2D eigenvalue weighted by atomic mass is 32.1. The Bertz CT molecular complexity index is 1370. The van der Waals surface area contributed by atoms with E-state index in [0.717, 1.165) is 33.3 Å². The minimum atomic E-state index is -0.111. The van der Waals surface area contributed by atoms with E-state index in [4.69, 9.17) is 4.74 Å². The van der Waals surface area contributed by atoms with E-state index >= 15 is 0 Å². The van der Waals surface area contributed by atoms with Crippen molar-refractivity contribution in [2.45, 2.75) is 20.0 Å². The number of aromatic nitrogens is 3. The lowest BCUT2D eigenvalue weighted by molar-refractivity contribution is 0.0953. The number of carbonyl (C=O) groups excluding carboxylic acids is 1. The number of ether oxygens (including phenoxy) is 1. The van der Waals surface area contributed by atoms with Crippen LogP contribution >= 0.6 is 22.7 Å². The molecule has 1 N–H and O–H groups in total. The SMILES string of the molecule is Cc1nc(-c2ccc(CCNC(=O)c3cccc(OCc4cn5ccccc5n4)c3)s2)cs1. The van der Waals surface area contributed by atoms with Crippen LogP contribution < -0.4 is 10.1 Å². The van der Waals surface area contributed by atoms with E-state index < -0.39 is 0 Å². The predicted molar refractivity (Wildman–Crippen MR) is 132 cm³/mol. The molecule has 8 heteroatoms. The summed E-state index contributed by atoms with van der Waals surface area (Å²) in [5, 5.41) is 6.15. The molecule has 0 radical (unpaired) electrons. The van der Waals surface area contributed by atoms with Crippen LogP contribution in [-0.4, -0.2) is 26.8 Å². The number of pyridine rings is 1. The molecule has 33 heavy (non-hydrogen) atoms. The maximum atomic E-state index is 12.6. The Morgan fingerprint density at radius 3 is 2.91 bits per heavy atom. The van der Waals surface area contributed by atoms with Crippen LogP contribution in [0.25, 0.3) is 16.2 Å². The van der Waals surface area contributed by atoms with E-state index in [-0.39, 0.29) is 5.91 Å². The smallest absolute Gasteiger partial charge is 0.251 e. The van der Waals surface area contributed by atoms with Crippen molar-refractivity contribution in [1.82, 2.24) is 19.7 Å². The lowest BCUT2D eigenvalue weighted by atomic mass is 10.2. The van der Waals surface area contributed by atoms with E-state index in [1.807, 2.05) is 54.0 Å². The van der Waals surface area contributed by atoms with Crippen molar-refractivity contribution >= 4 is 34.2 Å². The molecule has 166 valence electrons. The van der Waals surface area contributed by atoms with Gasteiger partial charge in [0.1, 0.15) is 18.0 Å². The summed E-state index contributed by atoms with van der Waals surface area (Å²) >= 11 is 3.38. The highest BCUT2D eigenvalue weighted by molar-refractivity contribution is 7.16. The maximum absolute atomic E-state index is 12.6. The number of fused-ring (bicyclic) bond motifs is 1. The molecule has 0 saturated carbocycles. The average molecular weight is 475 g/mol. The van der Waals surface area contributed by atoms with Crippen molar-refractivity contribution in [2.75, 3.05) is 6.54 Å². The highest BCUT2D eigenvalue weighted by Gasteiger charge is 2.09. The van der Waals surface area contributed by atoms with E-state index in [1.165, 1.54) is 4.88 Å². The number of aryl methyl sites for hydroxylation is 1. The Balaban J connectivity index is 1.14. The van der Waals surface area contributed by atoms with Gasteiger partial charge in [-0.3, -0.25) is 4.79 Å². The fourth-order valence-corrected chi connectivity index (χ4v) is 5.12. The quantitative estimate of drug-likeness (QED) is 0.328. The molecule has 6 nitrogen and oxygen atoms in total. The second-order valence-electron chi connectivity index (χ2n) is 7.54. The first-order valence-electron chi connectivity index (χ1n) is 10.6. The number of imidazole rings is 1. The van der Waals surface area contributed by atoms with Crippen LogP contribution in [0, 0.1) is 6.92 Å². The van der Waals surface area contributed by atoms with Crippen LogP contribution in [0.3, 0.4) is 0 Å². The van der Waals surface area contributed by atoms with Crippen molar-refractivity contribution in [1.29, 1.82) is 0 Å². The summed E-state index contributed by atoms with van der Waals surface area (Å²) in [5.41, 5.74) is 3.31. The molecular formula is C25H22N4O2S2. The first-order valence-corrected chi connectivity index (χ1v) is 12.3. The van der Waals surface area contributed by atoms with Crippen LogP contribution in [0.5, 0.6) is 5.75 Å². The topological polar surface area (TPSA) is 68.5 Å². The van der Waals surface area contributed by atoms with Gasteiger partial charge in [-0.2, -0.15) is 0 Å². The largest absolute Gasteiger partial charge is 0.487 e. The molecule has 4 aromatic heterocycles. The first kappa shape index (κ1) is 21.4. The number of carbonyl (C=O) groups is 1. The Labute approximate surface area is 199 Å². The van der Waals surface area contributed by atoms with Gasteiger partial charge >= 0.3 is 0 Å². The molecule has 4 heterocycles. The third-order valence-corrected chi connectivity index (χ3v) is 7.03. The maximum Gasteiger partial charge on any atom is 0.251 e. The van der Waals surface area contributed by atoms with Crippen LogP contribution in [0.2, 0.25) is 0 Å². The average Bonchev–Trinajstić information content (AvgIpc) is 3.57. The number of rotatable bonds is 8. The molecule has 5 rings (SSSR count). The Kier molecular flexibility index (Phi) is 6.19. The second kappa shape index (κ2) is 9.56. The number of nitrogens with zero attached hydrogens (tertiary/aromatic N) is 3. The number of benzene rings is 1. The number of hydrogen-bond donors (Lipinski definition) is 1. The Hall–Kier alpha value is -3.49. The van der Waals surface area contributed by atoms with Gasteiger partial charge in [0.05, 0.1) is 21.3 Å². The number of hydrogen-bond acceptors (Lipinski definition) is 6. The standard InChI is InChI=1S/C25H22N4O2S2/c1-17-27-22(16-32-17)23-9-8-21(33-23)10-11-26-25(30)18-5-4-6-20(13-18)31-15-19-14-29-12-3-2-7-24(29)28-19/h2-9,12-14,16H,10-11,15H2,1H3,(H,26,30). The van der Waals surface area contributed by atoms with Crippen molar-refractivity contribution in [3.63, 3.8) is 0 Å². The molecular weight excluding hydrogens is 452 g/mol. The van der Waals surface area contributed by atoms with E-state index in [9.17, 15) is 4.79 Å². The van der Waals surface area contributed by atoms with E-state index in [1.54, 1.807) is 34.8 Å². The van der Waals surface area contributed by atoms with Crippen LogP contribution in [0.4, 0.5) is 0 Å². The van der Waals surface area contributed by atoms with Gasteiger partial charge in [0.25, 0.3) is 5.91 Å². The fourth-order valence-electron chi connectivity index (χ4n) is 3.47. The predicted octanol–water partition coefficient (Wildman–Crippen LogP) is 5.38. The third kappa shape index (κ3) is 5.13. The zero-order valence-corrected chi connectivity index (χ0v) is 19.7. The number of thiazole rings is 1. The van der Waals surface area contributed by atoms with Gasteiger partial charge in [-0.1, -0.05) is 12.1 Å². The fraction of sp³-hybridized carbons (Fsp3) is 0.160. The van der Waals surface area contributed by atoms with Gasteiger partial charge in [0, 0.05) is 34.8 Å². The van der Waals surface area contributed by atoms with Gasteiger partial charge in [-0.05, 0) is 55.8 Å². The van der Waals surface area contributed by atoms with Crippen LogP contribution in [0.15, 0.2) is 72.4 Å². The molecule has 0 bridgehead atoms. The van der Waals surface area contributed by atoms with Gasteiger partial charge in [0.2, 0.25) is 0 Å². The lowest BCUT2D eigenvalue weighted by Crippen LogP contribution is -2.25. The van der Waals surface area contributed by atoms with Gasteiger partial charge in [-0.15, -0.1) is 22.7 Å². The minimum Gasteiger partial charge on any atom is -0.487 e. The first-order chi connectivity index (χ1) is 16.1. The molecule has 0 atom stereocenters. The summed E-state index contributed by atoms with van der Waals surface area (Å²) in [7, 11) is 0. The molecule has 1 amide bonds. The summed E-state index contributed by atoms with van der Waals surface area (Å²) < 4.78 is 7.83. The molecule has 0 spiro atoms. The second-order valence-corrected chi connectivity index (χ2v) is 9.77. The summed E-state index contributed by atoms with van der Waals surface area (Å²) in [4.78, 5) is 24.1. The van der Waals surface area contributed by atoms with Gasteiger partial charge in [-0.25, -0.2) is 9.97 Å². The zero-order chi connectivity index (χ0) is 22.6. The molecule has 1 aromatic carbocycles. The van der Waals surface area contributed by atoms with Gasteiger partial charge < -0.3 is 14.5 Å². The molecule has 0 saturated heterocycles. The molecule has 0 aliphatic heterocycles. The van der Waals surface area contributed by atoms with Gasteiger partial charge in [0.15, 0.2) is 0 Å². The monoisotopic (exact) mass is 474 g/mol. The molecule has 5 aromatic rings.